The second-order valence-corrected chi connectivity index (χ2v) is 5.61. The Hall–Kier alpha value is -1.08. The summed E-state index contributed by atoms with van der Waals surface area (Å²) in [7, 11) is 0. The molecule has 3 rings (SSSR count). The van der Waals surface area contributed by atoms with Crippen LogP contribution in [0.4, 0.5) is 0 Å². The van der Waals surface area contributed by atoms with E-state index in [1.54, 1.807) is 0 Å². The van der Waals surface area contributed by atoms with Gasteiger partial charge in [-0.3, -0.25) is 9.69 Å². The Kier molecular flexibility index (Phi) is 2.59. The maximum Gasteiger partial charge on any atom is 0.243 e. The summed E-state index contributed by atoms with van der Waals surface area (Å²) < 4.78 is 0. The molecule has 4 heteroatoms. The molecule has 0 unspecified atom stereocenters. The monoisotopic (exact) mass is 233 g/mol. The summed E-state index contributed by atoms with van der Waals surface area (Å²) in [5, 5.41) is 9.18. The Morgan fingerprint density at radius 3 is 2.24 bits per heavy atom. The maximum atomic E-state index is 12.3. The van der Waals surface area contributed by atoms with E-state index in [9.17, 15) is 10.1 Å². The lowest BCUT2D eigenvalue weighted by molar-refractivity contribution is -0.144. The van der Waals surface area contributed by atoms with Gasteiger partial charge in [0.15, 0.2) is 0 Å². The van der Waals surface area contributed by atoms with E-state index in [0.29, 0.717) is 0 Å². The fourth-order valence-corrected chi connectivity index (χ4v) is 2.94. The Morgan fingerprint density at radius 1 is 1.18 bits per heavy atom. The molecule has 0 N–H and O–H groups in total. The summed E-state index contributed by atoms with van der Waals surface area (Å²) in [5.41, 5.74) is -0.651. The SMILES string of the molecule is N#CC1(C(=O)N2CCN(C3CC3)CC2)CCC1. The predicted molar refractivity (Wildman–Crippen MR) is 63.1 cm³/mol. The lowest BCUT2D eigenvalue weighted by Gasteiger charge is -2.41. The number of carbonyl (C=O) groups excluding carboxylic acids is 1. The summed E-state index contributed by atoms with van der Waals surface area (Å²) >= 11 is 0. The Balaban J connectivity index is 1.59. The van der Waals surface area contributed by atoms with E-state index in [1.807, 2.05) is 4.90 Å². The first-order valence-electron chi connectivity index (χ1n) is 6.70. The second kappa shape index (κ2) is 3.99. The van der Waals surface area contributed by atoms with E-state index < -0.39 is 5.41 Å². The molecule has 0 bridgehead atoms. The summed E-state index contributed by atoms with van der Waals surface area (Å²) in [4.78, 5) is 16.7. The minimum atomic E-state index is -0.651. The van der Waals surface area contributed by atoms with Crippen LogP contribution in [0.1, 0.15) is 32.1 Å². The van der Waals surface area contributed by atoms with Gasteiger partial charge in [0.25, 0.3) is 0 Å². The summed E-state index contributed by atoms with van der Waals surface area (Å²) in [6.07, 6.45) is 5.23. The number of hydrogen-bond donors (Lipinski definition) is 0. The van der Waals surface area contributed by atoms with Crippen LogP contribution in [-0.4, -0.2) is 47.9 Å². The standard InChI is InChI=1S/C13H19N3O/c14-10-13(4-1-5-13)12(17)16-8-6-15(7-9-16)11-2-3-11/h11H,1-9H2. The van der Waals surface area contributed by atoms with Crippen LogP contribution in [0.15, 0.2) is 0 Å². The molecule has 4 nitrogen and oxygen atoms in total. The molecular formula is C13H19N3O. The number of hydrogen-bond acceptors (Lipinski definition) is 3. The number of piperazine rings is 1. The van der Waals surface area contributed by atoms with Gasteiger partial charge >= 0.3 is 0 Å². The number of amides is 1. The number of nitriles is 1. The van der Waals surface area contributed by atoms with Gasteiger partial charge in [-0.25, -0.2) is 0 Å². The summed E-state index contributed by atoms with van der Waals surface area (Å²) in [6.45, 7) is 3.63. The van der Waals surface area contributed by atoms with Crippen molar-refractivity contribution in [1.82, 2.24) is 9.80 Å². The zero-order valence-electron chi connectivity index (χ0n) is 10.2. The van der Waals surface area contributed by atoms with Crippen LogP contribution in [0.25, 0.3) is 0 Å². The van der Waals surface area contributed by atoms with E-state index in [1.165, 1.54) is 12.8 Å². The first-order chi connectivity index (χ1) is 8.25. The van der Waals surface area contributed by atoms with Crippen molar-refractivity contribution in [1.29, 1.82) is 5.26 Å². The lowest BCUT2D eigenvalue weighted by Crippen LogP contribution is -2.54. The highest BCUT2D eigenvalue weighted by Crippen LogP contribution is 2.42. The first-order valence-corrected chi connectivity index (χ1v) is 6.70. The smallest absolute Gasteiger partial charge is 0.243 e. The Bertz CT molecular complexity index is 357. The van der Waals surface area contributed by atoms with Gasteiger partial charge < -0.3 is 4.90 Å². The summed E-state index contributed by atoms with van der Waals surface area (Å²) in [6, 6.07) is 3.05. The van der Waals surface area contributed by atoms with Crippen molar-refractivity contribution in [2.24, 2.45) is 5.41 Å². The van der Waals surface area contributed by atoms with E-state index in [4.69, 9.17) is 0 Å². The van der Waals surface area contributed by atoms with E-state index >= 15 is 0 Å². The average Bonchev–Trinajstić information content (AvgIpc) is 3.12. The largest absolute Gasteiger partial charge is 0.339 e. The Labute approximate surface area is 102 Å². The third kappa shape index (κ3) is 1.83. The van der Waals surface area contributed by atoms with Gasteiger partial charge in [0.2, 0.25) is 5.91 Å². The zero-order chi connectivity index (χ0) is 11.9. The minimum Gasteiger partial charge on any atom is -0.339 e. The quantitative estimate of drug-likeness (QED) is 0.714. The van der Waals surface area contributed by atoms with E-state index in [0.717, 1.165) is 51.5 Å². The zero-order valence-corrected chi connectivity index (χ0v) is 10.2. The predicted octanol–water partition coefficient (Wildman–Crippen LogP) is 0.987. The van der Waals surface area contributed by atoms with Crippen molar-refractivity contribution < 1.29 is 4.79 Å². The molecular weight excluding hydrogens is 214 g/mol. The third-order valence-electron chi connectivity index (χ3n) is 4.50. The fourth-order valence-electron chi connectivity index (χ4n) is 2.94. The number of nitrogens with zero attached hydrogens (tertiary/aromatic N) is 3. The van der Waals surface area contributed by atoms with Crippen LogP contribution in [0, 0.1) is 16.7 Å². The molecule has 0 aromatic heterocycles. The van der Waals surface area contributed by atoms with Crippen molar-refractivity contribution in [2.45, 2.75) is 38.1 Å². The molecule has 2 aliphatic carbocycles. The molecule has 1 saturated heterocycles. The molecule has 0 aromatic carbocycles. The molecule has 17 heavy (non-hydrogen) atoms. The topological polar surface area (TPSA) is 47.3 Å². The van der Waals surface area contributed by atoms with Gasteiger partial charge in [0, 0.05) is 32.2 Å². The molecule has 0 aromatic rings. The maximum absolute atomic E-state index is 12.3. The Morgan fingerprint density at radius 2 is 1.82 bits per heavy atom. The molecule has 2 saturated carbocycles. The van der Waals surface area contributed by atoms with Gasteiger partial charge in [-0.05, 0) is 32.1 Å². The van der Waals surface area contributed by atoms with Crippen molar-refractivity contribution >= 4 is 5.91 Å². The minimum absolute atomic E-state index is 0.0988. The number of rotatable bonds is 2. The van der Waals surface area contributed by atoms with Crippen LogP contribution in [0.3, 0.4) is 0 Å². The molecule has 0 radical (unpaired) electrons. The van der Waals surface area contributed by atoms with Crippen LogP contribution in [0.2, 0.25) is 0 Å². The highest BCUT2D eigenvalue weighted by molar-refractivity contribution is 5.86. The van der Waals surface area contributed by atoms with Crippen molar-refractivity contribution in [3.8, 4) is 6.07 Å². The van der Waals surface area contributed by atoms with Gasteiger partial charge in [-0.2, -0.15) is 5.26 Å². The lowest BCUT2D eigenvalue weighted by atomic mass is 9.69. The summed E-state index contributed by atoms with van der Waals surface area (Å²) in [5.74, 6) is 0.0988. The third-order valence-corrected chi connectivity index (χ3v) is 4.50. The van der Waals surface area contributed by atoms with Crippen LogP contribution in [-0.2, 0) is 4.79 Å². The van der Waals surface area contributed by atoms with Crippen LogP contribution in [0.5, 0.6) is 0 Å². The van der Waals surface area contributed by atoms with Gasteiger partial charge in [0.05, 0.1) is 6.07 Å². The van der Waals surface area contributed by atoms with Crippen molar-refractivity contribution in [3.05, 3.63) is 0 Å². The van der Waals surface area contributed by atoms with Gasteiger partial charge in [0.1, 0.15) is 5.41 Å². The molecule has 0 atom stereocenters. The molecule has 92 valence electrons. The van der Waals surface area contributed by atoms with Crippen molar-refractivity contribution in [2.75, 3.05) is 26.2 Å². The molecule has 1 heterocycles. The fraction of sp³-hybridized carbons (Fsp3) is 0.846. The number of carbonyl (C=O) groups is 1. The van der Waals surface area contributed by atoms with Gasteiger partial charge in [-0.15, -0.1) is 0 Å². The molecule has 1 amide bonds. The normalized spacial score (nSPS) is 28.3. The van der Waals surface area contributed by atoms with E-state index in [-0.39, 0.29) is 5.91 Å². The van der Waals surface area contributed by atoms with Crippen molar-refractivity contribution in [3.63, 3.8) is 0 Å². The van der Waals surface area contributed by atoms with Gasteiger partial charge in [-0.1, -0.05) is 0 Å². The van der Waals surface area contributed by atoms with Crippen LogP contribution >= 0.6 is 0 Å². The molecule has 3 aliphatic rings. The van der Waals surface area contributed by atoms with Crippen LogP contribution < -0.4 is 0 Å². The highest BCUT2D eigenvalue weighted by atomic mass is 16.2. The van der Waals surface area contributed by atoms with E-state index in [2.05, 4.69) is 11.0 Å². The molecule has 1 aliphatic heterocycles. The average molecular weight is 233 g/mol. The molecule has 3 fully saturated rings. The second-order valence-electron chi connectivity index (χ2n) is 5.61. The molecule has 0 spiro atoms. The highest BCUT2D eigenvalue weighted by Gasteiger charge is 2.47. The first kappa shape index (κ1) is 11.0.